The van der Waals surface area contributed by atoms with Gasteiger partial charge in [0.05, 0.1) is 0 Å². The van der Waals surface area contributed by atoms with Gasteiger partial charge in [-0.15, -0.1) is 0 Å². The van der Waals surface area contributed by atoms with Crippen molar-refractivity contribution in [2.24, 2.45) is 0 Å². The first-order chi connectivity index (χ1) is 7.66. The Morgan fingerprint density at radius 2 is 2.06 bits per heavy atom. The van der Waals surface area contributed by atoms with Gasteiger partial charge < -0.3 is 10.2 Å². The largest absolute Gasteiger partial charge is 0.308 e. The van der Waals surface area contributed by atoms with Crippen LogP contribution in [0.25, 0.3) is 0 Å². The van der Waals surface area contributed by atoms with Crippen LogP contribution < -0.4 is 5.32 Å². The number of halogens is 2. The topological polar surface area (TPSA) is 15.3 Å². The fourth-order valence-electron chi connectivity index (χ4n) is 2.05. The lowest BCUT2D eigenvalue weighted by molar-refractivity contribution is 0.398. The first-order valence-electron chi connectivity index (χ1n) is 5.51. The van der Waals surface area contributed by atoms with Crippen molar-refractivity contribution in [2.75, 3.05) is 20.1 Å². The van der Waals surface area contributed by atoms with Crippen molar-refractivity contribution >= 4 is 23.2 Å². The van der Waals surface area contributed by atoms with Gasteiger partial charge in [-0.25, -0.2) is 0 Å². The number of hydrogen-bond donors (Lipinski definition) is 1. The zero-order valence-electron chi connectivity index (χ0n) is 9.34. The zero-order chi connectivity index (χ0) is 11.5. The van der Waals surface area contributed by atoms with Crippen LogP contribution in [-0.4, -0.2) is 31.1 Å². The summed E-state index contributed by atoms with van der Waals surface area (Å²) < 4.78 is 0. The van der Waals surface area contributed by atoms with Crippen molar-refractivity contribution in [2.45, 2.75) is 19.0 Å². The second kappa shape index (κ2) is 5.37. The molecule has 2 rings (SSSR count). The molecular weight excluding hydrogens is 243 g/mol. The highest BCUT2D eigenvalue weighted by atomic mass is 35.5. The van der Waals surface area contributed by atoms with E-state index >= 15 is 0 Å². The van der Waals surface area contributed by atoms with Gasteiger partial charge in [-0.1, -0.05) is 29.3 Å². The van der Waals surface area contributed by atoms with Crippen LogP contribution in [0, 0.1) is 0 Å². The molecule has 1 unspecified atom stereocenters. The van der Waals surface area contributed by atoms with Gasteiger partial charge in [0.1, 0.15) is 0 Å². The van der Waals surface area contributed by atoms with Gasteiger partial charge in [-0.2, -0.15) is 0 Å². The van der Waals surface area contributed by atoms with Crippen LogP contribution in [0.1, 0.15) is 12.0 Å². The third-order valence-corrected chi connectivity index (χ3v) is 3.73. The van der Waals surface area contributed by atoms with E-state index in [0.29, 0.717) is 6.04 Å². The quantitative estimate of drug-likeness (QED) is 0.897. The smallest absolute Gasteiger partial charge is 0.0465 e. The van der Waals surface area contributed by atoms with E-state index in [4.69, 9.17) is 23.2 Å². The predicted octanol–water partition coefficient (Wildman–Crippen LogP) is 2.79. The number of hydrogen-bond acceptors (Lipinski definition) is 2. The number of likely N-dealkylation sites (N-methyl/N-ethyl adjacent to an activating group) is 1. The van der Waals surface area contributed by atoms with E-state index in [2.05, 4.69) is 17.3 Å². The second-order valence-corrected chi connectivity index (χ2v) is 5.14. The third kappa shape index (κ3) is 2.89. The van der Waals surface area contributed by atoms with E-state index in [9.17, 15) is 0 Å². The molecule has 16 heavy (non-hydrogen) atoms. The highest BCUT2D eigenvalue weighted by Gasteiger charge is 2.19. The van der Waals surface area contributed by atoms with E-state index in [-0.39, 0.29) is 0 Å². The highest BCUT2D eigenvalue weighted by molar-refractivity contribution is 6.35. The van der Waals surface area contributed by atoms with Crippen molar-refractivity contribution in [1.29, 1.82) is 0 Å². The first kappa shape index (κ1) is 12.2. The molecule has 0 radical (unpaired) electrons. The van der Waals surface area contributed by atoms with Crippen LogP contribution in [0.4, 0.5) is 0 Å². The fourth-order valence-corrected chi connectivity index (χ4v) is 2.58. The minimum absolute atomic E-state index is 0.553. The maximum Gasteiger partial charge on any atom is 0.0465 e. The summed E-state index contributed by atoms with van der Waals surface area (Å²) in [6.07, 6.45) is 1.19. The predicted molar refractivity (Wildman–Crippen MR) is 69.2 cm³/mol. The lowest BCUT2D eigenvalue weighted by Crippen LogP contribution is -2.31. The molecule has 1 N–H and O–H groups in total. The van der Waals surface area contributed by atoms with Crippen LogP contribution in [-0.2, 0) is 6.54 Å². The molecule has 1 atom stereocenters. The monoisotopic (exact) mass is 258 g/mol. The second-order valence-electron chi connectivity index (χ2n) is 4.33. The molecule has 1 saturated heterocycles. The molecule has 1 fully saturated rings. The van der Waals surface area contributed by atoms with E-state index in [0.717, 1.165) is 35.2 Å². The summed E-state index contributed by atoms with van der Waals surface area (Å²) in [5.41, 5.74) is 1.00. The van der Waals surface area contributed by atoms with Crippen LogP contribution in [0.3, 0.4) is 0 Å². The van der Waals surface area contributed by atoms with Gasteiger partial charge >= 0.3 is 0 Å². The van der Waals surface area contributed by atoms with Gasteiger partial charge in [-0.3, -0.25) is 0 Å². The Labute approximate surface area is 107 Å². The molecule has 1 aromatic carbocycles. The molecule has 88 valence electrons. The zero-order valence-corrected chi connectivity index (χ0v) is 10.9. The Morgan fingerprint density at radius 1 is 1.38 bits per heavy atom. The molecular formula is C12H16Cl2N2. The van der Waals surface area contributed by atoms with Crippen molar-refractivity contribution in [3.05, 3.63) is 33.8 Å². The molecule has 1 aliphatic rings. The summed E-state index contributed by atoms with van der Waals surface area (Å²) in [5, 5.41) is 4.98. The Hall–Kier alpha value is -0.280. The number of benzene rings is 1. The number of nitrogens with zero attached hydrogens (tertiary/aromatic N) is 1. The van der Waals surface area contributed by atoms with E-state index in [1.54, 1.807) is 0 Å². The van der Waals surface area contributed by atoms with Crippen LogP contribution in [0.2, 0.25) is 10.0 Å². The maximum atomic E-state index is 6.11. The number of nitrogens with one attached hydrogen (secondary N) is 1. The molecule has 2 nitrogen and oxygen atoms in total. The Kier molecular flexibility index (Phi) is 4.09. The van der Waals surface area contributed by atoms with Crippen molar-refractivity contribution in [3.8, 4) is 0 Å². The van der Waals surface area contributed by atoms with Crippen LogP contribution >= 0.6 is 23.2 Å². The molecule has 1 heterocycles. The Balaban J connectivity index is 1.94. The summed E-state index contributed by atoms with van der Waals surface area (Å²) in [5.74, 6) is 0. The fraction of sp³-hybridized carbons (Fsp3) is 0.500. The van der Waals surface area contributed by atoms with Gasteiger partial charge in [-0.05, 0) is 32.1 Å². The summed E-state index contributed by atoms with van der Waals surface area (Å²) in [6.45, 7) is 3.01. The molecule has 0 amide bonds. The molecule has 0 aliphatic carbocycles. The van der Waals surface area contributed by atoms with E-state index in [1.165, 1.54) is 6.42 Å². The average Bonchev–Trinajstić information content (AvgIpc) is 2.63. The number of likely N-dealkylation sites (tertiary alicyclic amines) is 1. The van der Waals surface area contributed by atoms with Crippen molar-refractivity contribution < 1.29 is 0 Å². The molecule has 1 aliphatic heterocycles. The summed E-state index contributed by atoms with van der Waals surface area (Å²) in [6, 6.07) is 6.19. The standard InChI is InChI=1S/C12H16Cl2N2/c1-16-6-5-9(8-16)15-7-10-11(13)3-2-4-12(10)14/h2-4,9,15H,5-8H2,1H3. The van der Waals surface area contributed by atoms with Crippen molar-refractivity contribution in [3.63, 3.8) is 0 Å². The average molecular weight is 259 g/mol. The summed E-state index contributed by atoms with van der Waals surface area (Å²) >= 11 is 12.2. The number of rotatable bonds is 3. The van der Waals surface area contributed by atoms with E-state index < -0.39 is 0 Å². The van der Waals surface area contributed by atoms with Crippen LogP contribution in [0.5, 0.6) is 0 Å². The molecule has 1 aromatic rings. The van der Waals surface area contributed by atoms with Gasteiger partial charge in [0.15, 0.2) is 0 Å². The van der Waals surface area contributed by atoms with E-state index in [1.807, 2.05) is 18.2 Å². The maximum absolute atomic E-state index is 6.11. The minimum Gasteiger partial charge on any atom is -0.308 e. The van der Waals surface area contributed by atoms with Gasteiger partial charge in [0.25, 0.3) is 0 Å². The third-order valence-electron chi connectivity index (χ3n) is 3.02. The molecule has 0 aromatic heterocycles. The Morgan fingerprint density at radius 3 is 2.62 bits per heavy atom. The molecule has 4 heteroatoms. The molecule has 0 bridgehead atoms. The first-order valence-corrected chi connectivity index (χ1v) is 6.27. The lowest BCUT2D eigenvalue weighted by atomic mass is 10.2. The van der Waals surface area contributed by atoms with Gasteiger partial charge in [0.2, 0.25) is 0 Å². The SMILES string of the molecule is CN1CCC(NCc2c(Cl)cccc2Cl)C1. The Bertz CT molecular complexity index is 348. The minimum atomic E-state index is 0.553. The normalized spacial score (nSPS) is 21.6. The molecule has 0 spiro atoms. The summed E-state index contributed by atoms with van der Waals surface area (Å²) in [4.78, 5) is 2.33. The summed E-state index contributed by atoms with van der Waals surface area (Å²) in [7, 11) is 2.14. The molecule has 0 saturated carbocycles. The lowest BCUT2D eigenvalue weighted by Gasteiger charge is -2.14. The van der Waals surface area contributed by atoms with Crippen LogP contribution in [0.15, 0.2) is 18.2 Å². The van der Waals surface area contributed by atoms with Crippen molar-refractivity contribution in [1.82, 2.24) is 10.2 Å². The highest BCUT2D eigenvalue weighted by Crippen LogP contribution is 2.24. The van der Waals surface area contributed by atoms with Gasteiger partial charge in [0, 0.05) is 34.7 Å².